The Morgan fingerprint density at radius 2 is 1.57 bits per heavy atom. The summed E-state index contributed by atoms with van der Waals surface area (Å²) in [7, 11) is 0. The summed E-state index contributed by atoms with van der Waals surface area (Å²) in [6, 6.07) is 0. The van der Waals surface area contributed by atoms with E-state index in [-0.39, 0.29) is 0 Å². The average Bonchev–Trinajstić information content (AvgIpc) is 1.69. The molecule has 0 aromatic carbocycles. The quantitative estimate of drug-likeness (QED) is 0.445. The van der Waals surface area contributed by atoms with Crippen LogP contribution in [0.2, 0.25) is 0 Å². The molecule has 7 heavy (non-hydrogen) atoms. The Bertz CT molecular complexity index is 28.9. The molecular weight excluding hydrogens is 153 g/mol. The van der Waals surface area contributed by atoms with Gasteiger partial charge in [0.1, 0.15) is 0 Å². The van der Waals surface area contributed by atoms with Crippen molar-refractivity contribution < 1.29 is 7.53 Å². The molecule has 0 atom stereocenters. The molecule has 0 bridgehead atoms. The first kappa shape index (κ1) is 7.46. The van der Waals surface area contributed by atoms with Crippen LogP contribution < -0.4 is 0 Å². The Labute approximate surface area is 51.3 Å². The zero-order chi connectivity index (χ0) is 5.54. The summed E-state index contributed by atoms with van der Waals surface area (Å²) < 4.78 is 9.95. The summed E-state index contributed by atoms with van der Waals surface area (Å²) in [5.41, 5.74) is 0. The first-order chi connectivity index (χ1) is 3.41. The minimum atomic E-state index is -0.486. The summed E-state index contributed by atoms with van der Waals surface area (Å²) in [5, 5.41) is 0. The molecule has 0 rings (SSSR count). The molecule has 0 aromatic rings. The van der Waals surface area contributed by atoms with Gasteiger partial charge in [0.25, 0.3) is 0 Å². The molecule has 0 fully saturated rings. The third-order valence-corrected chi connectivity index (χ3v) is 2.11. The zero-order valence-corrected chi connectivity index (χ0v) is 6.83. The number of rotatable bonds is 4. The molecule has 0 heterocycles. The van der Waals surface area contributed by atoms with Crippen LogP contribution in [0.15, 0.2) is 0 Å². The molecule has 0 aliphatic carbocycles. The maximum absolute atomic E-state index is 4.98. The van der Waals surface area contributed by atoms with Gasteiger partial charge in [0, 0.05) is 0 Å². The van der Waals surface area contributed by atoms with Crippen molar-refractivity contribution in [2.24, 2.45) is 0 Å². The van der Waals surface area contributed by atoms with Crippen molar-refractivity contribution in [3.05, 3.63) is 0 Å². The summed E-state index contributed by atoms with van der Waals surface area (Å²) in [6.07, 6.45) is 0. The van der Waals surface area contributed by atoms with E-state index >= 15 is 0 Å². The molecule has 0 aromatic heterocycles. The van der Waals surface area contributed by atoms with Crippen LogP contribution in [0.25, 0.3) is 0 Å². The molecular formula is C4H10GeO2. The molecule has 2 radical (unpaired) electrons. The average molecular weight is 163 g/mol. The van der Waals surface area contributed by atoms with E-state index in [1.807, 2.05) is 13.8 Å². The van der Waals surface area contributed by atoms with Crippen LogP contribution in [-0.4, -0.2) is 29.3 Å². The molecule has 0 aliphatic heterocycles. The molecule has 0 saturated carbocycles. The van der Waals surface area contributed by atoms with Gasteiger partial charge in [-0.25, -0.2) is 0 Å². The molecule has 0 aliphatic rings. The molecule has 3 heteroatoms. The maximum atomic E-state index is 4.98. The van der Waals surface area contributed by atoms with E-state index in [2.05, 4.69) is 0 Å². The standard InChI is InChI=1S/C4H10GeO2/c1-3-6-5-7-4-2/h3-4H2,1-2H3. The minimum absolute atomic E-state index is 0.486. The van der Waals surface area contributed by atoms with Gasteiger partial charge in [-0.3, -0.25) is 0 Å². The summed E-state index contributed by atoms with van der Waals surface area (Å²) in [6.45, 7) is 5.53. The van der Waals surface area contributed by atoms with E-state index < -0.39 is 16.1 Å². The van der Waals surface area contributed by atoms with Crippen LogP contribution in [0.1, 0.15) is 13.8 Å². The molecule has 2 nitrogen and oxygen atoms in total. The number of hydrogen-bond acceptors (Lipinski definition) is 2. The van der Waals surface area contributed by atoms with E-state index in [0.717, 1.165) is 13.2 Å². The fourth-order valence-corrected chi connectivity index (χ4v) is 0.829. The molecule has 0 amide bonds. The Morgan fingerprint density at radius 1 is 1.14 bits per heavy atom. The van der Waals surface area contributed by atoms with Gasteiger partial charge in [0.2, 0.25) is 0 Å². The molecule has 0 saturated heterocycles. The monoisotopic (exact) mass is 164 g/mol. The molecule has 0 N–H and O–H groups in total. The van der Waals surface area contributed by atoms with E-state index in [1.54, 1.807) is 0 Å². The van der Waals surface area contributed by atoms with E-state index in [4.69, 9.17) is 7.53 Å². The molecule has 0 unspecified atom stereocenters. The second-order valence-electron chi connectivity index (χ2n) is 0.949. The first-order valence-electron chi connectivity index (χ1n) is 2.40. The first-order valence-corrected chi connectivity index (χ1v) is 4.11. The third kappa shape index (κ3) is 6.46. The van der Waals surface area contributed by atoms with Crippen molar-refractivity contribution in [2.45, 2.75) is 13.8 Å². The summed E-state index contributed by atoms with van der Waals surface area (Å²) in [4.78, 5) is 0. The Morgan fingerprint density at radius 3 is 1.86 bits per heavy atom. The summed E-state index contributed by atoms with van der Waals surface area (Å²) >= 11 is -0.486. The van der Waals surface area contributed by atoms with Gasteiger partial charge in [-0.05, 0) is 0 Å². The fraction of sp³-hybridized carbons (Fsp3) is 1.00. The predicted molar refractivity (Wildman–Crippen MR) is 29.0 cm³/mol. The van der Waals surface area contributed by atoms with E-state index in [1.165, 1.54) is 0 Å². The van der Waals surface area contributed by atoms with Crippen molar-refractivity contribution in [3.8, 4) is 0 Å². The van der Waals surface area contributed by atoms with Crippen LogP contribution >= 0.6 is 0 Å². The molecule has 0 spiro atoms. The van der Waals surface area contributed by atoms with Gasteiger partial charge in [0.15, 0.2) is 0 Å². The van der Waals surface area contributed by atoms with Crippen molar-refractivity contribution in [1.82, 2.24) is 0 Å². The van der Waals surface area contributed by atoms with Crippen LogP contribution in [0, 0.1) is 0 Å². The van der Waals surface area contributed by atoms with E-state index in [9.17, 15) is 0 Å². The fourth-order valence-electron chi connectivity index (χ4n) is 0.160. The topological polar surface area (TPSA) is 18.5 Å². The van der Waals surface area contributed by atoms with Gasteiger partial charge in [0.05, 0.1) is 0 Å². The van der Waals surface area contributed by atoms with Crippen molar-refractivity contribution in [1.29, 1.82) is 0 Å². The van der Waals surface area contributed by atoms with Crippen molar-refractivity contribution in [2.75, 3.05) is 13.2 Å². The second kappa shape index (κ2) is 6.46. The van der Waals surface area contributed by atoms with Gasteiger partial charge in [-0.1, -0.05) is 0 Å². The van der Waals surface area contributed by atoms with Gasteiger partial charge in [-0.15, -0.1) is 0 Å². The Hall–Kier alpha value is 0.463. The van der Waals surface area contributed by atoms with Crippen LogP contribution in [0.5, 0.6) is 0 Å². The second-order valence-corrected chi connectivity index (χ2v) is 2.51. The van der Waals surface area contributed by atoms with Crippen LogP contribution in [0.3, 0.4) is 0 Å². The van der Waals surface area contributed by atoms with E-state index in [0.29, 0.717) is 0 Å². The number of hydrogen-bond donors (Lipinski definition) is 0. The SMILES string of the molecule is CC[O][Ge][O]CC. The van der Waals surface area contributed by atoms with Gasteiger partial charge >= 0.3 is 50.7 Å². The third-order valence-electron chi connectivity index (χ3n) is 0.407. The van der Waals surface area contributed by atoms with Crippen molar-refractivity contribution in [3.63, 3.8) is 0 Å². The van der Waals surface area contributed by atoms with Crippen LogP contribution in [0.4, 0.5) is 0 Å². The normalized spacial score (nSPS) is 9.43. The molecule has 42 valence electrons. The summed E-state index contributed by atoms with van der Waals surface area (Å²) in [5.74, 6) is 0. The predicted octanol–water partition coefficient (Wildman–Crippen LogP) is 0.594. The van der Waals surface area contributed by atoms with Crippen molar-refractivity contribution >= 4 is 16.1 Å². The van der Waals surface area contributed by atoms with Crippen LogP contribution in [-0.2, 0) is 7.53 Å². The zero-order valence-electron chi connectivity index (χ0n) is 4.73. The van der Waals surface area contributed by atoms with Gasteiger partial charge in [-0.2, -0.15) is 0 Å². The van der Waals surface area contributed by atoms with Gasteiger partial charge < -0.3 is 0 Å². The Balaban J connectivity index is 2.45. The Kier molecular flexibility index (Phi) is 6.89.